The van der Waals surface area contributed by atoms with Gasteiger partial charge in [0.25, 0.3) is 5.69 Å². The number of rotatable bonds is 2. The third-order valence-electron chi connectivity index (χ3n) is 1.33. The molecule has 1 N–H and O–H groups in total. The van der Waals surface area contributed by atoms with Crippen molar-refractivity contribution in [2.75, 3.05) is 0 Å². The van der Waals surface area contributed by atoms with Gasteiger partial charge >= 0.3 is 0 Å². The van der Waals surface area contributed by atoms with Crippen LogP contribution in [0, 0.1) is 10.1 Å². The van der Waals surface area contributed by atoms with Gasteiger partial charge in [-0.3, -0.25) is 10.1 Å². The van der Waals surface area contributed by atoms with Crippen LogP contribution < -0.4 is 0 Å². The predicted octanol–water partition coefficient (Wildman–Crippen LogP) is 2.24. The monoisotopic (exact) mass is 180 g/mol. The van der Waals surface area contributed by atoms with Crippen molar-refractivity contribution in [3.8, 4) is 5.75 Å². The van der Waals surface area contributed by atoms with Gasteiger partial charge in [-0.05, 0) is 16.7 Å². The van der Waals surface area contributed by atoms with Crippen LogP contribution in [0.15, 0.2) is 23.3 Å². The number of nitrogens with zero attached hydrogens (tertiary/aromatic N) is 4. The van der Waals surface area contributed by atoms with Gasteiger partial charge in [-0.2, -0.15) is 0 Å². The number of aromatic hydroxyl groups is 1. The zero-order valence-electron chi connectivity index (χ0n) is 6.28. The molecule has 0 heterocycles. The fourth-order valence-electron chi connectivity index (χ4n) is 0.814. The molecule has 0 fully saturated rings. The second-order valence-electron chi connectivity index (χ2n) is 2.09. The summed E-state index contributed by atoms with van der Waals surface area (Å²) < 4.78 is 0. The Morgan fingerprint density at radius 2 is 2.31 bits per heavy atom. The number of azide groups is 1. The van der Waals surface area contributed by atoms with E-state index >= 15 is 0 Å². The van der Waals surface area contributed by atoms with E-state index in [0.717, 1.165) is 6.07 Å². The van der Waals surface area contributed by atoms with Crippen LogP contribution in [0.25, 0.3) is 10.4 Å². The predicted molar refractivity (Wildman–Crippen MR) is 43.6 cm³/mol. The van der Waals surface area contributed by atoms with Crippen molar-refractivity contribution in [1.82, 2.24) is 0 Å². The smallest absolute Gasteiger partial charge is 0.282 e. The van der Waals surface area contributed by atoms with Crippen molar-refractivity contribution in [1.29, 1.82) is 0 Å². The maximum atomic E-state index is 10.4. The summed E-state index contributed by atoms with van der Waals surface area (Å²) in [5, 5.41) is 22.5. The number of nitro benzene ring substituents is 1. The van der Waals surface area contributed by atoms with Crippen LogP contribution >= 0.6 is 0 Å². The molecule has 7 nitrogen and oxygen atoms in total. The van der Waals surface area contributed by atoms with Crippen LogP contribution in [-0.2, 0) is 0 Å². The molecule has 0 spiro atoms. The summed E-state index contributed by atoms with van der Waals surface area (Å²) in [4.78, 5) is 12.0. The van der Waals surface area contributed by atoms with E-state index < -0.39 is 16.4 Å². The van der Waals surface area contributed by atoms with Crippen LogP contribution in [0.3, 0.4) is 0 Å². The molecule has 7 heteroatoms. The Labute approximate surface area is 72.0 Å². The zero-order chi connectivity index (χ0) is 9.84. The normalized spacial score (nSPS) is 8.92. The van der Waals surface area contributed by atoms with Gasteiger partial charge in [0.05, 0.1) is 4.92 Å². The minimum Gasteiger partial charge on any atom is -0.507 e. The molecule has 0 atom stereocenters. The fraction of sp³-hybridized carbons (Fsp3) is 0. The van der Waals surface area contributed by atoms with E-state index in [1.807, 2.05) is 0 Å². The molecule has 0 amide bonds. The Morgan fingerprint density at radius 1 is 1.62 bits per heavy atom. The van der Waals surface area contributed by atoms with Gasteiger partial charge in [-0.15, -0.1) is 0 Å². The molecule has 1 rings (SSSR count). The van der Waals surface area contributed by atoms with E-state index in [4.69, 9.17) is 10.6 Å². The van der Waals surface area contributed by atoms with E-state index in [0.29, 0.717) is 0 Å². The first kappa shape index (κ1) is 8.82. The van der Waals surface area contributed by atoms with Gasteiger partial charge in [-0.1, -0.05) is 6.07 Å². The molecule has 0 saturated carbocycles. The Bertz CT molecular complexity index is 397. The molecule has 0 saturated heterocycles. The topological polar surface area (TPSA) is 112 Å². The number of hydrogen-bond acceptors (Lipinski definition) is 4. The molecule has 0 bridgehead atoms. The summed E-state index contributed by atoms with van der Waals surface area (Å²) in [6.07, 6.45) is 0. The Hall–Kier alpha value is -2.27. The maximum absolute atomic E-state index is 10.4. The minimum absolute atomic E-state index is 0.366. The lowest BCUT2D eigenvalue weighted by molar-refractivity contribution is -0.384. The van der Waals surface area contributed by atoms with Gasteiger partial charge in [-0.25, -0.2) is 0 Å². The maximum Gasteiger partial charge on any atom is 0.282 e. The van der Waals surface area contributed by atoms with Gasteiger partial charge in [0.15, 0.2) is 5.69 Å². The van der Waals surface area contributed by atoms with Gasteiger partial charge in [0, 0.05) is 11.0 Å². The highest BCUT2D eigenvalue weighted by Gasteiger charge is 2.14. The lowest BCUT2D eigenvalue weighted by Crippen LogP contribution is -1.87. The van der Waals surface area contributed by atoms with Crippen molar-refractivity contribution in [2.24, 2.45) is 5.11 Å². The largest absolute Gasteiger partial charge is 0.507 e. The zero-order valence-corrected chi connectivity index (χ0v) is 6.28. The average molecular weight is 180 g/mol. The Balaban J connectivity index is 3.42. The summed E-state index contributed by atoms with van der Waals surface area (Å²) in [5.41, 5.74) is 7.29. The fourth-order valence-corrected chi connectivity index (χ4v) is 0.814. The first-order valence-electron chi connectivity index (χ1n) is 3.18. The molecule has 0 aliphatic carbocycles. The molecule has 0 radical (unpaired) electrons. The van der Waals surface area contributed by atoms with E-state index in [2.05, 4.69) is 10.0 Å². The van der Waals surface area contributed by atoms with Crippen molar-refractivity contribution in [2.45, 2.75) is 0 Å². The van der Waals surface area contributed by atoms with Crippen molar-refractivity contribution in [3.63, 3.8) is 0 Å². The van der Waals surface area contributed by atoms with Crippen LogP contribution in [0.5, 0.6) is 5.75 Å². The van der Waals surface area contributed by atoms with Crippen LogP contribution in [0.1, 0.15) is 0 Å². The molecule has 0 aliphatic heterocycles. The van der Waals surface area contributed by atoms with E-state index in [1.165, 1.54) is 12.1 Å². The highest BCUT2D eigenvalue weighted by molar-refractivity contribution is 5.65. The SMILES string of the molecule is [N-]=[N+]=Nc1c(O)cccc1[N+](=O)[O-]. The molecule has 0 unspecified atom stereocenters. The van der Waals surface area contributed by atoms with Crippen LogP contribution in [0.4, 0.5) is 11.4 Å². The number of benzene rings is 1. The third-order valence-corrected chi connectivity index (χ3v) is 1.33. The summed E-state index contributed by atoms with van der Waals surface area (Å²) in [6, 6.07) is 3.64. The first-order valence-corrected chi connectivity index (χ1v) is 3.18. The molecule has 0 aromatic heterocycles. The van der Waals surface area contributed by atoms with E-state index in [9.17, 15) is 10.1 Å². The van der Waals surface area contributed by atoms with Gasteiger partial charge in [0.1, 0.15) is 5.75 Å². The highest BCUT2D eigenvalue weighted by atomic mass is 16.6. The molecule has 1 aromatic carbocycles. The van der Waals surface area contributed by atoms with Crippen molar-refractivity contribution < 1.29 is 10.0 Å². The Kier molecular flexibility index (Phi) is 2.32. The summed E-state index contributed by atoms with van der Waals surface area (Å²) >= 11 is 0. The lowest BCUT2D eigenvalue weighted by Gasteiger charge is -1.97. The summed E-state index contributed by atoms with van der Waals surface area (Å²) in [6.45, 7) is 0. The molecular formula is C6H4N4O3. The van der Waals surface area contributed by atoms with Crippen molar-refractivity contribution in [3.05, 3.63) is 38.8 Å². The number of phenols is 1. The van der Waals surface area contributed by atoms with E-state index in [1.54, 1.807) is 0 Å². The first-order chi connectivity index (χ1) is 6.16. The quantitative estimate of drug-likeness (QED) is 0.247. The number of phenolic OH excluding ortho intramolecular Hbond substituents is 1. The molecular weight excluding hydrogens is 176 g/mol. The summed E-state index contributed by atoms with van der Waals surface area (Å²) in [5.74, 6) is -0.410. The third kappa shape index (κ3) is 1.66. The second-order valence-corrected chi connectivity index (χ2v) is 2.09. The van der Waals surface area contributed by atoms with Gasteiger partial charge in [0.2, 0.25) is 0 Å². The standard InChI is InChI=1S/C6H4N4O3/c7-9-8-6-4(10(12)13)2-1-3-5(6)11/h1-3,11H. The molecule has 13 heavy (non-hydrogen) atoms. The molecule has 66 valence electrons. The van der Waals surface area contributed by atoms with Crippen LogP contribution in [0.2, 0.25) is 0 Å². The van der Waals surface area contributed by atoms with Crippen LogP contribution in [-0.4, -0.2) is 10.0 Å². The molecule has 1 aromatic rings. The van der Waals surface area contributed by atoms with Crippen molar-refractivity contribution >= 4 is 11.4 Å². The second kappa shape index (κ2) is 3.42. The minimum atomic E-state index is -0.732. The highest BCUT2D eigenvalue weighted by Crippen LogP contribution is 2.35. The number of nitro groups is 1. The van der Waals surface area contributed by atoms with E-state index in [-0.39, 0.29) is 5.69 Å². The lowest BCUT2D eigenvalue weighted by atomic mass is 10.2. The summed E-state index contributed by atoms with van der Waals surface area (Å²) in [7, 11) is 0. The van der Waals surface area contributed by atoms with Gasteiger partial charge < -0.3 is 5.11 Å². The number of hydrogen-bond donors (Lipinski definition) is 1. The average Bonchev–Trinajstić information content (AvgIpc) is 2.08. The molecule has 0 aliphatic rings. The Morgan fingerprint density at radius 3 is 2.85 bits per heavy atom.